The summed E-state index contributed by atoms with van der Waals surface area (Å²) in [5.74, 6) is -2.04. The molecule has 5 N–H and O–H groups in total. The monoisotopic (exact) mass is 1920 g/mol. The van der Waals surface area contributed by atoms with E-state index < -0.39 is 67.2 Å². The zero-order valence-corrected chi connectivity index (χ0v) is 79.7. The number of pyridine rings is 5. The number of hydrogen-bond donors (Lipinski definition) is 5. The van der Waals surface area contributed by atoms with Crippen LogP contribution in [0.3, 0.4) is 0 Å². The average molecular weight is 1920 g/mol. The van der Waals surface area contributed by atoms with E-state index in [1.54, 1.807) is 217 Å². The summed E-state index contributed by atoms with van der Waals surface area (Å²) in [7, 11) is -3.29. The van der Waals surface area contributed by atoms with Gasteiger partial charge in [0.1, 0.15) is 39.4 Å². The first-order valence-corrected chi connectivity index (χ1v) is 46.5. The second-order valence-electron chi connectivity index (χ2n) is 32.6. The van der Waals surface area contributed by atoms with Crippen LogP contribution in [0, 0.1) is 104 Å². The van der Waals surface area contributed by atoms with Gasteiger partial charge in [0, 0.05) is 73.0 Å². The number of fused-ring (bicyclic) bond motifs is 1. The van der Waals surface area contributed by atoms with Crippen LogP contribution in [0.15, 0.2) is 350 Å². The van der Waals surface area contributed by atoms with Gasteiger partial charge in [-0.05, 0) is 263 Å². The van der Waals surface area contributed by atoms with Gasteiger partial charge in [0.05, 0.1) is 98.1 Å². The van der Waals surface area contributed by atoms with Crippen LogP contribution in [0.1, 0.15) is 148 Å². The number of amides is 5. The minimum absolute atomic E-state index is 0.00919. The van der Waals surface area contributed by atoms with Crippen LogP contribution in [0.4, 0.5) is 4.39 Å². The molecular weight excluding hydrogens is 1830 g/mol. The van der Waals surface area contributed by atoms with Crippen LogP contribution in [-0.4, -0.2) is 73.7 Å². The first-order valence-electron chi connectivity index (χ1n) is 44.7. The van der Waals surface area contributed by atoms with Crippen LogP contribution in [0.5, 0.6) is 5.75 Å². The first-order chi connectivity index (χ1) is 68.8. The molecule has 0 radical (unpaired) electrons. The number of nitrogens with one attached hydrogen (secondary N) is 5. The number of carbonyl (C=O) groups is 5. The van der Waals surface area contributed by atoms with Crippen molar-refractivity contribution >= 4 is 50.1 Å². The SMILES string of the molecule is CCOc1ccccc1CNC(=O)c1ccc(C)n(-c2cccc(C#N)c2)c1=O.Cc1ccc(C(=O)NCc2ccc(F)cc2)c(=O)n1-c1cccc(C#N)c1.Cc1ccc(C(=O)NCc2ccc(S(C)(=O)=O)cc2)c(=O)n1-c1cccc(C#N)c1.Cc1ccc(C(=O)NCc2cccc3ccccc23)c(=O)n1-c1cccc(C#N)c1.Cc1cccc(CNC(=O)c2ccc(C)n(-c3cccc(C#N)c3)c2=O)c1. The summed E-state index contributed by atoms with van der Waals surface area (Å²) >= 11 is 0. The molecule has 143 heavy (non-hydrogen) atoms. The number of ether oxygens (including phenoxy) is 1. The summed E-state index contributed by atoms with van der Waals surface area (Å²) in [5.41, 5.74) is 11.4. The number of nitrogens with zero attached hydrogens (tertiary/aromatic N) is 10. The molecule has 0 unspecified atom stereocenters. The second-order valence-corrected chi connectivity index (χ2v) is 34.6. The zero-order chi connectivity index (χ0) is 103. The van der Waals surface area contributed by atoms with Crippen molar-refractivity contribution in [2.24, 2.45) is 0 Å². The van der Waals surface area contributed by atoms with Gasteiger partial charge in [-0.25, -0.2) is 12.8 Å². The van der Waals surface area contributed by atoms with Crippen molar-refractivity contribution in [1.82, 2.24) is 49.4 Å². The van der Waals surface area contributed by atoms with E-state index in [-0.39, 0.29) is 58.2 Å². The number of halogens is 1. The molecule has 712 valence electrons. The standard InChI is InChI=1S/C25H19N3O2.C23H21N3O3.C22H19N3O4S.C22H19N3O2.C21H16FN3O2/c1-17-12-13-23(25(30)28(17)21-10-4-6-18(14-21)15-26)24(29)27-16-20-9-5-8-19-7-2-3-11-22(19)20;1-3-29-21-10-5-4-8-18(21)15-25-22(27)20-12-11-16(2)26(23(20)28)19-9-6-7-17(13-19)14-24;1-15-6-11-20(22(27)25(15)18-5-3-4-17(12-18)13-23)21(26)24-14-16-7-9-19(10-8-16)30(2,28)29;1-15-5-3-7-18(11-15)14-24-21(26)20-10-9-16(2)25(22(20)27)19-8-4-6-17(12-19)13-23;1-14-5-10-19(20(26)24-13-15-6-8-17(22)9-7-15)21(27)25(14)18-4-2-3-16(11-18)12-23/h2-14H,16H2,1H3,(H,27,29);4-13H,3,15H2,1-2H3,(H,25,27);3-12H,14H2,1-2H3,(H,24,26);3-12H,14H2,1-2H3,(H,24,26);2-11H,13H2,1H3,(H,24,26). The molecule has 5 aromatic heterocycles. The highest BCUT2D eigenvalue weighted by Gasteiger charge is 2.23. The molecule has 5 heterocycles. The molecule has 0 fully saturated rings. The minimum atomic E-state index is -3.29. The molecule has 28 nitrogen and oxygen atoms in total. The number of hydrogen-bond acceptors (Lipinski definition) is 18. The lowest BCUT2D eigenvalue weighted by atomic mass is 10.0. The fourth-order valence-corrected chi connectivity index (χ4v) is 15.9. The van der Waals surface area contributed by atoms with Gasteiger partial charge < -0.3 is 31.3 Å². The quantitative estimate of drug-likeness (QED) is 0.0397. The Labute approximate surface area is 822 Å². The smallest absolute Gasteiger partial charge is 0.268 e. The van der Waals surface area contributed by atoms with Crippen molar-refractivity contribution in [2.45, 2.75) is 86.1 Å². The van der Waals surface area contributed by atoms with Gasteiger partial charge in [-0.1, -0.05) is 145 Å². The van der Waals surface area contributed by atoms with Crippen molar-refractivity contribution in [3.8, 4) is 64.5 Å². The van der Waals surface area contributed by atoms with Crippen molar-refractivity contribution in [3.63, 3.8) is 0 Å². The zero-order valence-electron chi connectivity index (χ0n) is 78.9. The summed E-state index contributed by atoms with van der Waals surface area (Å²) in [6.07, 6.45) is 1.12. The van der Waals surface area contributed by atoms with Crippen molar-refractivity contribution in [2.75, 3.05) is 12.9 Å². The third-order valence-corrected chi connectivity index (χ3v) is 23.6. The third kappa shape index (κ3) is 26.2. The highest BCUT2D eigenvalue weighted by molar-refractivity contribution is 7.90. The van der Waals surface area contributed by atoms with E-state index in [0.717, 1.165) is 44.8 Å². The lowest BCUT2D eigenvalue weighted by Crippen LogP contribution is -2.33. The highest BCUT2D eigenvalue weighted by atomic mass is 32.2. The number of nitriles is 5. The fraction of sp³-hybridized carbons (Fsp3) is 0.124. The Balaban J connectivity index is 0.000000160. The van der Waals surface area contributed by atoms with E-state index in [2.05, 4.69) is 44.8 Å². The van der Waals surface area contributed by atoms with Crippen molar-refractivity contribution < 1.29 is 41.5 Å². The molecule has 0 saturated heterocycles. The maximum Gasteiger partial charge on any atom is 0.268 e. The van der Waals surface area contributed by atoms with E-state index >= 15 is 0 Å². The Morgan fingerprint density at radius 3 is 0.937 bits per heavy atom. The molecule has 0 atom stereocenters. The average Bonchev–Trinajstić information content (AvgIpc) is 0.846. The lowest BCUT2D eigenvalue weighted by Gasteiger charge is -2.13. The van der Waals surface area contributed by atoms with Gasteiger partial charge in [-0.3, -0.25) is 70.8 Å². The molecule has 0 saturated carbocycles. The van der Waals surface area contributed by atoms with Gasteiger partial charge >= 0.3 is 0 Å². The Kier molecular flexibility index (Phi) is 34.6. The van der Waals surface area contributed by atoms with Gasteiger partial charge in [-0.2, -0.15) is 26.3 Å². The summed E-state index contributed by atoms with van der Waals surface area (Å²) < 4.78 is 48.7. The predicted octanol–water partition coefficient (Wildman–Crippen LogP) is 16.1. The van der Waals surface area contributed by atoms with Gasteiger partial charge in [-0.15, -0.1) is 0 Å². The molecular formula is C113H94FN15O13S. The molecule has 0 aliphatic heterocycles. The van der Waals surface area contributed by atoms with Gasteiger partial charge in [0.2, 0.25) is 0 Å². The van der Waals surface area contributed by atoms with Gasteiger partial charge in [0.15, 0.2) is 9.84 Å². The second kappa shape index (κ2) is 48.1. The molecule has 11 aromatic carbocycles. The van der Waals surface area contributed by atoms with Crippen molar-refractivity contribution in [3.05, 3.63) is 497 Å². The largest absolute Gasteiger partial charge is 0.494 e. The first kappa shape index (κ1) is 103. The lowest BCUT2D eigenvalue weighted by molar-refractivity contribution is 0.0940. The fourth-order valence-electron chi connectivity index (χ4n) is 15.2. The van der Waals surface area contributed by atoms with Crippen LogP contribution in [0.2, 0.25) is 0 Å². The number of para-hydroxylation sites is 1. The number of carbonyl (C=O) groups excluding carboxylic acids is 5. The van der Waals surface area contributed by atoms with E-state index in [1.807, 2.05) is 117 Å². The number of benzene rings is 11. The van der Waals surface area contributed by atoms with Gasteiger partial charge in [0.25, 0.3) is 57.3 Å². The van der Waals surface area contributed by atoms with Crippen LogP contribution >= 0.6 is 0 Å². The summed E-state index contributed by atoms with van der Waals surface area (Å²) in [5, 5.41) is 61.5. The molecule has 0 aliphatic rings. The van der Waals surface area contributed by atoms with E-state index in [1.165, 1.54) is 71.4 Å². The molecule has 0 spiro atoms. The van der Waals surface area contributed by atoms with Crippen LogP contribution in [0.25, 0.3) is 39.2 Å². The Bertz CT molecular complexity index is 8250. The normalized spacial score (nSPS) is 10.5. The van der Waals surface area contributed by atoms with Crippen LogP contribution < -0.4 is 59.1 Å². The Hall–Kier alpha value is -19.1. The van der Waals surface area contributed by atoms with Crippen molar-refractivity contribution in [1.29, 1.82) is 26.3 Å². The van der Waals surface area contributed by atoms with E-state index in [4.69, 9.17) is 31.0 Å². The maximum absolute atomic E-state index is 13.1. The van der Waals surface area contributed by atoms with E-state index in [0.29, 0.717) is 116 Å². The maximum atomic E-state index is 13.1. The number of aryl methyl sites for hydroxylation is 6. The highest BCUT2D eigenvalue weighted by Crippen LogP contribution is 2.24. The van der Waals surface area contributed by atoms with E-state index in [9.17, 15) is 60.8 Å². The summed E-state index contributed by atoms with van der Waals surface area (Å²) in [6.45, 7) is 14.5. The molecule has 0 bridgehead atoms. The number of rotatable bonds is 23. The predicted molar refractivity (Wildman–Crippen MR) is 542 cm³/mol. The third-order valence-electron chi connectivity index (χ3n) is 22.5. The topological polar surface area (TPSA) is 418 Å². The Morgan fingerprint density at radius 1 is 0.315 bits per heavy atom. The summed E-state index contributed by atoms with van der Waals surface area (Å²) in [4.78, 5) is 128. The summed E-state index contributed by atoms with van der Waals surface area (Å²) in [6, 6.07) is 101. The molecule has 5 amide bonds. The minimum Gasteiger partial charge on any atom is -0.494 e. The number of sulfone groups is 1. The van der Waals surface area contributed by atoms with Crippen LogP contribution in [-0.2, 0) is 42.6 Å². The molecule has 0 aliphatic carbocycles. The molecule has 16 aromatic rings. The number of aromatic nitrogens is 5. The Morgan fingerprint density at radius 2 is 0.601 bits per heavy atom. The molecule has 16 rings (SSSR count). The molecule has 30 heteroatoms.